The quantitative estimate of drug-likeness (QED) is 0.655. The molecule has 0 spiro atoms. The van der Waals surface area contributed by atoms with E-state index in [1.165, 1.54) is 4.90 Å². The third-order valence-electron chi connectivity index (χ3n) is 3.19. The van der Waals surface area contributed by atoms with Gasteiger partial charge in [-0.25, -0.2) is 0 Å². The van der Waals surface area contributed by atoms with Gasteiger partial charge in [-0.1, -0.05) is 30.3 Å². The average molecular weight is 229 g/mol. The number of likely N-dealkylation sites (N-methyl/N-ethyl adjacent to an activating group) is 1. The first-order valence-electron chi connectivity index (χ1n) is 5.41. The lowest BCUT2D eigenvalue weighted by molar-refractivity contribution is -0.139. The second-order valence-electron chi connectivity index (χ2n) is 4.17. The molecule has 0 aliphatic carbocycles. The van der Waals surface area contributed by atoms with Gasteiger partial charge in [-0.2, -0.15) is 4.99 Å². The molecular weight excluding hydrogens is 218 g/mol. The monoisotopic (exact) mass is 229 g/mol. The van der Waals surface area contributed by atoms with E-state index in [4.69, 9.17) is 0 Å². The Morgan fingerprint density at radius 2 is 1.94 bits per heavy atom. The zero-order chi connectivity index (χ0) is 12.0. The van der Waals surface area contributed by atoms with Crippen LogP contribution in [-0.4, -0.2) is 41.2 Å². The minimum absolute atomic E-state index is 0.0759. The molecule has 3 rings (SSSR count). The third kappa shape index (κ3) is 1.35. The molecule has 2 aliphatic heterocycles. The molecule has 2 aliphatic rings. The van der Waals surface area contributed by atoms with Crippen molar-refractivity contribution < 1.29 is 9.59 Å². The smallest absolute Gasteiger partial charge is 0.336 e. The highest BCUT2D eigenvalue weighted by molar-refractivity contribution is 6.44. The Kier molecular flexibility index (Phi) is 2.01. The second kappa shape index (κ2) is 3.41. The summed E-state index contributed by atoms with van der Waals surface area (Å²) in [6.45, 7) is 0.490. The fourth-order valence-corrected chi connectivity index (χ4v) is 2.28. The van der Waals surface area contributed by atoms with Gasteiger partial charge in [0, 0.05) is 7.05 Å². The summed E-state index contributed by atoms with van der Waals surface area (Å²) in [4.78, 5) is 29.8. The number of nitrogens with zero attached hydrogens (tertiary/aromatic N) is 3. The molecule has 86 valence electrons. The molecular formula is C12H11N3O2. The predicted molar refractivity (Wildman–Crippen MR) is 61.1 cm³/mol. The largest absolute Gasteiger partial charge is 0.338 e. The normalized spacial score (nSPS) is 23.1. The summed E-state index contributed by atoms with van der Waals surface area (Å²) in [5, 5.41) is 0. The summed E-state index contributed by atoms with van der Waals surface area (Å²) >= 11 is 0. The van der Waals surface area contributed by atoms with Crippen LogP contribution in [0, 0.1) is 0 Å². The van der Waals surface area contributed by atoms with Crippen LogP contribution in [0.5, 0.6) is 0 Å². The number of hydrogen-bond donors (Lipinski definition) is 0. The highest BCUT2D eigenvalue weighted by Gasteiger charge is 2.44. The number of carbonyl (C=O) groups is 2. The van der Waals surface area contributed by atoms with E-state index < -0.39 is 11.8 Å². The van der Waals surface area contributed by atoms with Crippen LogP contribution in [0.3, 0.4) is 0 Å². The van der Waals surface area contributed by atoms with Crippen LogP contribution < -0.4 is 0 Å². The maximum atomic E-state index is 11.5. The zero-order valence-corrected chi connectivity index (χ0v) is 9.33. The molecule has 0 radical (unpaired) electrons. The topological polar surface area (TPSA) is 53.0 Å². The summed E-state index contributed by atoms with van der Waals surface area (Å²) < 4.78 is 0. The molecule has 0 saturated carbocycles. The first-order chi connectivity index (χ1) is 8.18. The summed E-state index contributed by atoms with van der Waals surface area (Å²) in [5.74, 6) is -0.725. The third-order valence-corrected chi connectivity index (χ3v) is 3.19. The number of rotatable bonds is 1. The molecule has 2 heterocycles. The molecule has 0 N–H and O–H groups in total. The van der Waals surface area contributed by atoms with Crippen molar-refractivity contribution in [3.05, 3.63) is 35.9 Å². The van der Waals surface area contributed by atoms with Gasteiger partial charge < -0.3 is 4.90 Å². The Balaban J connectivity index is 1.96. The fraction of sp³-hybridized carbons (Fsp3) is 0.250. The summed E-state index contributed by atoms with van der Waals surface area (Å²) in [5.41, 5.74) is 1.12. The van der Waals surface area contributed by atoms with Crippen LogP contribution in [0.4, 0.5) is 0 Å². The van der Waals surface area contributed by atoms with Crippen LogP contribution in [-0.2, 0) is 9.59 Å². The van der Waals surface area contributed by atoms with Crippen LogP contribution in [0.2, 0.25) is 0 Å². The van der Waals surface area contributed by atoms with E-state index in [0.717, 1.165) is 5.56 Å². The Labute approximate surface area is 98.3 Å². The summed E-state index contributed by atoms with van der Waals surface area (Å²) in [6.07, 6.45) is 0. The minimum Gasteiger partial charge on any atom is -0.336 e. The van der Waals surface area contributed by atoms with Gasteiger partial charge in [0.15, 0.2) is 0 Å². The molecule has 5 nitrogen and oxygen atoms in total. The SMILES string of the molecule is CN1C2=NC(=O)C(=O)N2C[C@@H]1c1ccccc1. The van der Waals surface area contributed by atoms with E-state index in [1.807, 2.05) is 42.3 Å². The van der Waals surface area contributed by atoms with Gasteiger partial charge in [0.25, 0.3) is 0 Å². The van der Waals surface area contributed by atoms with Gasteiger partial charge in [0.05, 0.1) is 12.6 Å². The number of hydrogen-bond acceptors (Lipinski definition) is 3. The van der Waals surface area contributed by atoms with Crippen molar-refractivity contribution in [1.29, 1.82) is 0 Å². The Bertz CT molecular complexity index is 524. The number of aliphatic imine (C=N–C) groups is 1. The fourth-order valence-electron chi connectivity index (χ4n) is 2.28. The zero-order valence-electron chi connectivity index (χ0n) is 9.33. The average Bonchev–Trinajstić information content (AvgIpc) is 2.81. The molecule has 0 unspecified atom stereocenters. The molecule has 5 heteroatoms. The Hall–Kier alpha value is -2.17. The molecule has 0 bridgehead atoms. The van der Waals surface area contributed by atoms with Crippen molar-refractivity contribution in [3.63, 3.8) is 0 Å². The lowest BCUT2D eigenvalue weighted by Gasteiger charge is -2.19. The molecule has 1 fully saturated rings. The standard InChI is InChI=1S/C12H11N3O2/c1-14-9(8-5-3-2-4-6-8)7-15-11(17)10(16)13-12(14)15/h2-6,9H,7H2,1H3/t9-/m1/s1. The first kappa shape index (κ1) is 10.0. The van der Waals surface area contributed by atoms with Crippen molar-refractivity contribution in [1.82, 2.24) is 9.80 Å². The number of fused-ring (bicyclic) bond motifs is 1. The molecule has 0 aromatic heterocycles. The molecule has 1 aromatic carbocycles. The number of benzene rings is 1. The van der Waals surface area contributed by atoms with Gasteiger partial charge in [-0.15, -0.1) is 0 Å². The maximum Gasteiger partial charge on any atom is 0.338 e. The van der Waals surface area contributed by atoms with Crippen LogP contribution in [0.15, 0.2) is 35.3 Å². The number of carbonyl (C=O) groups excluding carboxylic acids is 2. The van der Waals surface area contributed by atoms with Crippen molar-refractivity contribution in [2.75, 3.05) is 13.6 Å². The van der Waals surface area contributed by atoms with E-state index >= 15 is 0 Å². The summed E-state index contributed by atoms with van der Waals surface area (Å²) in [6, 6.07) is 9.97. The highest BCUT2D eigenvalue weighted by Crippen LogP contribution is 2.30. The van der Waals surface area contributed by atoms with E-state index in [9.17, 15) is 9.59 Å². The van der Waals surface area contributed by atoms with Crippen molar-refractivity contribution >= 4 is 17.8 Å². The number of amides is 2. The lowest BCUT2D eigenvalue weighted by atomic mass is 10.1. The maximum absolute atomic E-state index is 11.5. The van der Waals surface area contributed by atoms with E-state index in [0.29, 0.717) is 12.5 Å². The summed E-state index contributed by atoms with van der Waals surface area (Å²) in [7, 11) is 1.85. The van der Waals surface area contributed by atoms with Gasteiger partial charge in [0.1, 0.15) is 0 Å². The van der Waals surface area contributed by atoms with Crippen LogP contribution in [0.25, 0.3) is 0 Å². The Morgan fingerprint density at radius 3 is 2.59 bits per heavy atom. The van der Waals surface area contributed by atoms with Gasteiger partial charge in [-0.3, -0.25) is 14.5 Å². The van der Waals surface area contributed by atoms with E-state index in [-0.39, 0.29) is 6.04 Å². The molecule has 1 aromatic rings. The second-order valence-corrected chi connectivity index (χ2v) is 4.17. The molecule has 17 heavy (non-hydrogen) atoms. The molecule has 1 saturated heterocycles. The first-order valence-corrected chi connectivity index (χ1v) is 5.41. The van der Waals surface area contributed by atoms with Crippen molar-refractivity contribution in [3.8, 4) is 0 Å². The molecule has 1 atom stereocenters. The molecule has 2 amide bonds. The van der Waals surface area contributed by atoms with Crippen LogP contribution >= 0.6 is 0 Å². The van der Waals surface area contributed by atoms with Crippen molar-refractivity contribution in [2.24, 2.45) is 4.99 Å². The number of guanidine groups is 1. The highest BCUT2D eigenvalue weighted by atomic mass is 16.2. The van der Waals surface area contributed by atoms with Crippen LogP contribution in [0.1, 0.15) is 11.6 Å². The van der Waals surface area contributed by atoms with Gasteiger partial charge >= 0.3 is 11.8 Å². The van der Waals surface area contributed by atoms with Crippen molar-refractivity contribution in [2.45, 2.75) is 6.04 Å². The van der Waals surface area contributed by atoms with E-state index in [1.54, 1.807) is 0 Å². The van der Waals surface area contributed by atoms with Gasteiger partial charge in [-0.05, 0) is 5.56 Å². The predicted octanol–water partition coefficient (Wildman–Crippen LogP) is 0.398. The van der Waals surface area contributed by atoms with Gasteiger partial charge in [0.2, 0.25) is 5.96 Å². The lowest BCUT2D eigenvalue weighted by Crippen LogP contribution is -2.32. The minimum atomic E-state index is -0.668. The Morgan fingerprint density at radius 1 is 1.24 bits per heavy atom. The van der Waals surface area contributed by atoms with E-state index in [2.05, 4.69) is 4.99 Å².